The summed E-state index contributed by atoms with van der Waals surface area (Å²) in [6.45, 7) is 1.03. The first-order valence-electron chi connectivity index (χ1n) is 9.77. The van der Waals surface area contributed by atoms with E-state index in [9.17, 15) is 9.18 Å². The fourth-order valence-corrected chi connectivity index (χ4v) is 4.43. The number of ether oxygens (including phenoxy) is 2. The summed E-state index contributed by atoms with van der Waals surface area (Å²) < 4.78 is 27.9. The highest BCUT2D eigenvalue weighted by molar-refractivity contribution is 5.70. The molecule has 1 atom stereocenters. The van der Waals surface area contributed by atoms with Gasteiger partial charge in [-0.3, -0.25) is 0 Å². The summed E-state index contributed by atoms with van der Waals surface area (Å²) in [7, 11) is 0. The highest BCUT2D eigenvalue weighted by Crippen LogP contribution is 2.50. The lowest BCUT2D eigenvalue weighted by Gasteiger charge is -2.42. The number of aromatic nitrogens is 1. The molecule has 1 aromatic heterocycles. The van der Waals surface area contributed by atoms with Gasteiger partial charge < -0.3 is 18.9 Å². The number of hydrogen-bond acceptors (Lipinski definition) is 3. The second-order valence-corrected chi connectivity index (χ2v) is 7.55. The molecule has 1 saturated heterocycles. The van der Waals surface area contributed by atoms with Crippen LogP contribution in [0.15, 0.2) is 73.1 Å². The third-order valence-corrected chi connectivity index (χ3v) is 5.82. The van der Waals surface area contributed by atoms with E-state index in [1.165, 1.54) is 6.07 Å². The molecule has 2 aliphatic heterocycles. The van der Waals surface area contributed by atoms with Crippen molar-refractivity contribution in [3.63, 3.8) is 0 Å². The predicted octanol–water partition coefficient (Wildman–Crippen LogP) is 4.64. The summed E-state index contributed by atoms with van der Waals surface area (Å²) in [4.78, 5) is 14.3. The Morgan fingerprint density at radius 3 is 2.48 bits per heavy atom. The van der Waals surface area contributed by atoms with Gasteiger partial charge >= 0.3 is 6.09 Å². The quantitative estimate of drug-likeness (QED) is 0.638. The number of piperidine rings is 1. The molecule has 1 unspecified atom stereocenters. The minimum absolute atomic E-state index is 0.129. The summed E-state index contributed by atoms with van der Waals surface area (Å²) in [5.74, 6) is 0.971. The number of benzene rings is 2. The number of likely N-dealkylation sites (tertiary alicyclic amines) is 1. The SMILES string of the molecule is O=C(Oc1ccccc1)N1CCC2(CC1)Oc1ccc(F)cc1C2n1cccc1. The lowest BCUT2D eigenvalue weighted by Crippen LogP contribution is -2.52. The van der Waals surface area contributed by atoms with E-state index in [-0.39, 0.29) is 18.0 Å². The topological polar surface area (TPSA) is 43.7 Å². The minimum Gasteiger partial charge on any atom is -0.484 e. The number of rotatable bonds is 2. The molecule has 5 nitrogen and oxygen atoms in total. The zero-order valence-corrected chi connectivity index (χ0v) is 15.8. The van der Waals surface area contributed by atoms with Gasteiger partial charge in [0.05, 0.1) is 0 Å². The van der Waals surface area contributed by atoms with E-state index >= 15 is 0 Å². The summed E-state index contributed by atoms with van der Waals surface area (Å²) in [5, 5.41) is 0. The van der Waals surface area contributed by atoms with Gasteiger partial charge in [-0.2, -0.15) is 0 Å². The lowest BCUT2D eigenvalue weighted by molar-refractivity contribution is -0.00199. The third kappa shape index (κ3) is 3.14. The number of carbonyl (C=O) groups is 1. The molecule has 3 aromatic rings. The fourth-order valence-electron chi connectivity index (χ4n) is 4.43. The van der Waals surface area contributed by atoms with Crippen molar-refractivity contribution in [1.29, 1.82) is 0 Å². The highest BCUT2D eigenvalue weighted by atomic mass is 19.1. The standard InChI is InChI=1S/C23H21FN2O3/c24-17-8-9-20-19(16-17)21(25-12-4-5-13-25)23(29-20)10-14-26(15-11-23)22(27)28-18-6-2-1-3-7-18/h1-9,12-13,16,21H,10-11,14-15H2. The second kappa shape index (κ2) is 6.95. The summed E-state index contributed by atoms with van der Waals surface area (Å²) in [5.41, 5.74) is 0.333. The van der Waals surface area contributed by atoms with Crippen molar-refractivity contribution in [1.82, 2.24) is 9.47 Å². The Bertz CT molecular complexity index is 1010. The highest BCUT2D eigenvalue weighted by Gasteiger charge is 2.51. The average Bonchev–Trinajstić information content (AvgIpc) is 3.35. The van der Waals surface area contributed by atoms with E-state index in [2.05, 4.69) is 4.57 Å². The number of halogens is 1. The van der Waals surface area contributed by atoms with Gasteiger partial charge in [-0.15, -0.1) is 0 Å². The second-order valence-electron chi connectivity index (χ2n) is 7.55. The van der Waals surface area contributed by atoms with Crippen LogP contribution in [0.2, 0.25) is 0 Å². The molecule has 0 bridgehead atoms. The lowest BCUT2D eigenvalue weighted by atomic mass is 9.82. The van der Waals surface area contributed by atoms with Crippen molar-refractivity contribution in [2.75, 3.05) is 13.1 Å². The number of para-hydroxylation sites is 1. The summed E-state index contributed by atoms with van der Waals surface area (Å²) >= 11 is 0. The number of amides is 1. The zero-order valence-electron chi connectivity index (χ0n) is 15.8. The molecule has 1 fully saturated rings. The molecule has 1 spiro atoms. The first-order valence-corrected chi connectivity index (χ1v) is 9.77. The molecule has 1 amide bonds. The van der Waals surface area contributed by atoms with Gasteiger partial charge in [0, 0.05) is 43.9 Å². The Morgan fingerprint density at radius 2 is 1.76 bits per heavy atom. The van der Waals surface area contributed by atoms with E-state index in [4.69, 9.17) is 9.47 Å². The van der Waals surface area contributed by atoms with Gasteiger partial charge in [-0.05, 0) is 42.5 Å². The fraction of sp³-hybridized carbons (Fsp3) is 0.261. The summed E-state index contributed by atoms with van der Waals surface area (Å²) in [6.07, 6.45) is 4.87. The maximum Gasteiger partial charge on any atom is 0.415 e. The molecule has 0 radical (unpaired) electrons. The van der Waals surface area contributed by atoms with Crippen LogP contribution in [0.1, 0.15) is 24.4 Å². The van der Waals surface area contributed by atoms with Crippen LogP contribution in [0, 0.1) is 5.82 Å². The van der Waals surface area contributed by atoms with Gasteiger partial charge in [0.1, 0.15) is 29.0 Å². The van der Waals surface area contributed by atoms with Crippen molar-refractivity contribution in [3.05, 3.63) is 84.4 Å². The molecular formula is C23H21FN2O3. The van der Waals surface area contributed by atoms with Crippen molar-refractivity contribution in [2.24, 2.45) is 0 Å². The molecule has 6 heteroatoms. The van der Waals surface area contributed by atoms with Crippen LogP contribution < -0.4 is 9.47 Å². The zero-order chi connectivity index (χ0) is 19.8. The average molecular weight is 392 g/mol. The van der Waals surface area contributed by atoms with Crippen molar-refractivity contribution in [2.45, 2.75) is 24.5 Å². The Labute approximate surface area is 168 Å². The van der Waals surface area contributed by atoms with Crippen LogP contribution in [0.5, 0.6) is 11.5 Å². The number of hydrogen-bond donors (Lipinski definition) is 0. The van der Waals surface area contributed by atoms with Crippen LogP contribution in [-0.2, 0) is 0 Å². The van der Waals surface area contributed by atoms with E-state index in [1.807, 2.05) is 42.7 Å². The molecule has 29 heavy (non-hydrogen) atoms. The molecule has 2 aromatic carbocycles. The van der Waals surface area contributed by atoms with E-state index in [0.717, 1.165) is 5.56 Å². The van der Waals surface area contributed by atoms with Gasteiger partial charge in [-0.25, -0.2) is 9.18 Å². The molecule has 0 saturated carbocycles. The molecule has 2 aliphatic rings. The summed E-state index contributed by atoms with van der Waals surface area (Å²) in [6, 6.07) is 17.5. The van der Waals surface area contributed by atoms with Gasteiger partial charge in [-0.1, -0.05) is 18.2 Å². The van der Waals surface area contributed by atoms with Crippen LogP contribution >= 0.6 is 0 Å². The molecular weight excluding hydrogens is 371 g/mol. The van der Waals surface area contributed by atoms with Gasteiger partial charge in [0.15, 0.2) is 0 Å². The van der Waals surface area contributed by atoms with Crippen molar-refractivity contribution >= 4 is 6.09 Å². The van der Waals surface area contributed by atoms with Crippen LogP contribution in [0.3, 0.4) is 0 Å². The van der Waals surface area contributed by atoms with Gasteiger partial charge in [0.2, 0.25) is 0 Å². The van der Waals surface area contributed by atoms with Gasteiger partial charge in [0.25, 0.3) is 0 Å². The van der Waals surface area contributed by atoms with E-state index in [1.54, 1.807) is 29.2 Å². The number of fused-ring (bicyclic) bond motifs is 1. The Morgan fingerprint density at radius 1 is 1.03 bits per heavy atom. The normalized spacial score (nSPS) is 19.6. The minimum atomic E-state index is -0.515. The predicted molar refractivity (Wildman–Crippen MR) is 106 cm³/mol. The Hall–Kier alpha value is -3.28. The molecule has 148 valence electrons. The maximum atomic E-state index is 14.0. The smallest absolute Gasteiger partial charge is 0.415 e. The van der Waals surface area contributed by atoms with E-state index in [0.29, 0.717) is 37.4 Å². The third-order valence-electron chi connectivity index (χ3n) is 5.82. The molecule has 0 N–H and O–H groups in total. The van der Waals surface area contributed by atoms with Crippen LogP contribution in [0.4, 0.5) is 9.18 Å². The van der Waals surface area contributed by atoms with Crippen LogP contribution in [0.25, 0.3) is 0 Å². The molecule has 3 heterocycles. The largest absolute Gasteiger partial charge is 0.484 e. The van der Waals surface area contributed by atoms with E-state index < -0.39 is 5.60 Å². The Balaban J connectivity index is 1.37. The number of nitrogens with zero attached hydrogens (tertiary/aromatic N) is 2. The first kappa shape index (κ1) is 17.8. The maximum absolute atomic E-state index is 14.0. The molecule has 0 aliphatic carbocycles. The monoisotopic (exact) mass is 392 g/mol. The van der Waals surface area contributed by atoms with Crippen LogP contribution in [-0.4, -0.2) is 34.3 Å². The molecule has 5 rings (SSSR count). The Kier molecular flexibility index (Phi) is 4.27. The van der Waals surface area contributed by atoms with Crippen molar-refractivity contribution in [3.8, 4) is 11.5 Å². The number of carbonyl (C=O) groups excluding carboxylic acids is 1. The first-order chi connectivity index (χ1) is 14.1. The van der Waals surface area contributed by atoms with Crippen molar-refractivity contribution < 1.29 is 18.7 Å².